The summed E-state index contributed by atoms with van der Waals surface area (Å²) in [6.07, 6.45) is 12.9. The molecule has 0 saturated heterocycles. The Morgan fingerprint density at radius 2 is 0.914 bits per heavy atom. The van der Waals surface area contributed by atoms with Crippen molar-refractivity contribution in [1.82, 2.24) is 0 Å². The van der Waals surface area contributed by atoms with Gasteiger partial charge >= 0.3 is 11.9 Å². The number of benzene rings is 5. The highest BCUT2D eigenvalue weighted by Gasteiger charge is 2.12. The SMILES string of the molecule is CC[C@H](C)CCCCOc1ccc(N=Cc2ccc(C(=O)Oc3cccc(OC(=O)c4ccc(C=Nc5ccc(OCCCC[C@@H](C)CC)cc5)cc4)c3)cc2)cc1. The fraction of sp³-hybridized carbons (Fsp3) is 0.320. The van der Waals surface area contributed by atoms with Crippen LogP contribution in [0.1, 0.15) is 111 Å². The lowest BCUT2D eigenvalue weighted by Crippen LogP contribution is -2.10. The van der Waals surface area contributed by atoms with E-state index in [4.69, 9.17) is 18.9 Å². The van der Waals surface area contributed by atoms with Gasteiger partial charge in [0.15, 0.2) is 0 Å². The third-order valence-corrected chi connectivity index (χ3v) is 10.0. The number of unbranched alkanes of at least 4 members (excludes halogenated alkanes) is 2. The Hall–Kier alpha value is -6.02. The van der Waals surface area contributed by atoms with Gasteiger partial charge in [0.25, 0.3) is 0 Å². The zero-order valence-electron chi connectivity index (χ0n) is 34.3. The molecule has 5 rings (SSSR count). The molecule has 0 unspecified atom stereocenters. The lowest BCUT2D eigenvalue weighted by Gasteiger charge is -2.09. The Balaban J connectivity index is 1.04. The van der Waals surface area contributed by atoms with Crippen molar-refractivity contribution in [3.8, 4) is 23.0 Å². The fourth-order valence-corrected chi connectivity index (χ4v) is 5.88. The van der Waals surface area contributed by atoms with Gasteiger partial charge in [-0.15, -0.1) is 0 Å². The van der Waals surface area contributed by atoms with Gasteiger partial charge in [-0.25, -0.2) is 9.59 Å². The number of nitrogens with zero attached hydrogens (tertiary/aromatic N) is 2. The van der Waals surface area contributed by atoms with E-state index in [1.54, 1.807) is 79.2 Å². The first-order chi connectivity index (χ1) is 28.3. The van der Waals surface area contributed by atoms with Crippen molar-refractivity contribution in [2.75, 3.05) is 13.2 Å². The molecule has 8 nitrogen and oxygen atoms in total. The molecule has 0 aromatic heterocycles. The summed E-state index contributed by atoms with van der Waals surface area (Å²) in [6, 6.07) is 35.8. The average Bonchev–Trinajstić information content (AvgIpc) is 3.25. The van der Waals surface area contributed by atoms with Crippen LogP contribution in [0.15, 0.2) is 131 Å². The van der Waals surface area contributed by atoms with Crippen LogP contribution in [-0.2, 0) is 0 Å². The Bertz CT molecular complexity index is 1910. The van der Waals surface area contributed by atoms with Crippen molar-refractivity contribution in [1.29, 1.82) is 0 Å². The fourth-order valence-electron chi connectivity index (χ4n) is 5.88. The number of ether oxygens (including phenoxy) is 4. The quantitative estimate of drug-likeness (QED) is 0.0300. The summed E-state index contributed by atoms with van der Waals surface area (Å²) in [5.74, 6) is 2.65. The minimum absolute atomic E-state index is 0.252. The Labute approximate surface area is 344 Å². The van der Waals surface area contributed by atoms with Gasteiger partial charge in [0.05, 0.1) is 35.7 Å². The van der Waals surface area contributed by atoms with Gasteiger partial charge in [0.1, 0.15) is 23.0 Å². The number of rotatable bonds is 22. The summed E-state index contributed by atoms with van der Waals surface area (Å²) in [5.41, 5.74) is 4.02. The Kier molecular flexibility index (Phi) is 17.3. The maximum atomic E-state index is 12.9. The number of esters is 2. The molecular weight excluding hydrogens is 725 g/mol. The highest BCUT2D eigenvalue weighted by Crippen LogP contribution is 2.24. The van der Waals surface area contributed by atoms with E-state index in [1.807, 2.05) is 48.5 Å². The topological polar surface area (TPSA) is 95.8 Å². The number of carbonyl (C=O) groups excluding carboxylic acids is 2. The predicted octanol–water partition coefficient (Wildman–Crippen LogP) is 12.8. The Morgan fingerprint density at radius 1 is 0.517 bits per heavy atom. The van der Waals surface area contributed by atoms with E-state index < -0.39 is 11.9 Å². The predicted molar refractivity (Wildman–Crippen MR) is 234 cm³/mol. The van der Waals surface area contributed by atoms with Crippen LogP contribution in [0.5, 0.6) is 23.0 Å². The zero-order valence-corrected chi connectivity index (χ0v) is 34.3. The lowest BCUT2D eigenvalue weighted by atomic mass is 10.0. The van der Waals surface area contributed by atoms with Gasteiger partial charge in [-0.05, 0) is 134 Å². The molecule has 2 atom stereocenters. The first kappa shape index (κ1) is 43.1. The van der Waals surface area contributed by atoms with E-state index in [2.05, 4.69) is 37.7 Å². The van der Waals surface area contributed by atoms with Crippen LogP contribution in [0.2, 0.25) is 0 Å². The molecule has 0 fully saturated rings. The highest BCUT2D eigenvalue weighted by molar-refractivity contribution is 5.93. The van der Waals surface area contributed by atoms with Crippen LogP contribution >= 0.6 is 0 Å². The molecule has 0 amide bonds. The molecule has 58 heavy (non-hydrogen) atoms. The molecular formula is C50H56N2O6. The number of hydrogen-bond donors (Lipinski definition) is 0. The third kappa shape index (κ3) is 14.8. The summed E-state index contributed by atoms with van der Waals surface area (Å²) in [6.45, 7) is 10.5. The number of carbonyl (C=O) groups is 2. The maximum absolute atomic E-state index is 12.9. The standard InChI is InChI=1S/C50H56N2O6/c1-5-37(3)12-7-9-32-55-45-28-24-43(25-29-45)51-35-39-16-20-41(21-17-39)49(53)57-47-14-11-15-48(34-47)58-50(54)42-22-18-40(19-23-42)36-52-44-26-30-46(31-27-44)56-33-10-8-13-38(4)6-2/h11,14-31,34-38H,5-10,12-13,32-33H2,1-4H3/t37-,38-/m0/s1. The van der Waals surface area contributed by atoms with Crippen molar-refractivity contribution >= 4 is 35.7 Å². The molecule has 0 aliphatic heterocycles. The average molecular weight is 781 g/mol. The van der Waals surface area contributed by atoms with E-state index in [1.165, 1.54) is 44.6 Å². The monoisotopic (exact) mass is 780 g/mol. The van der Waals surface area contributed by atoms with Crippen molar-refractivity contribution in [2.45, 2.75) is 79.1 Å². The van der Waals surface area contributed by atoms with E-state index in [9.17, 15) is 9.59 Å². The maximum Gasteiger partial charge on any atom is 0.343 e. The smallest absolute Gasteiger partial charge is 0.343 e. The molecule has 0 spiro atoms. The number of aliphatic imine (C=N–C) groups is 2. The normalized spacial score (nSPS) is 12.3. The summed E-state index contributed by atoms with van der Waals surface area (Å²) >= 11 is 0. The molecule has 5 aromatic rings. The van der Waals surface area contributed by atoms with Crippen LogP contribution in [0.3, 0.4) is 0 Å². The van der Waals surface area contributed by atoms with Crippen LogP contribution < -0.4 is 18.9 Å². The summed E-state index contributed by atoms with van der Waals surface area (Å²) in [4.78, 5) is 35.0. The van der Waals surface area contributed by atoms with Crippen molar-refractivity contribution in [3.05, 3.63) is 144 Å². The second kappa shape index (κ2) is 23.3. The first-order valence-electron chi connectivity index (χ1n) is 20.6. The molecule has 0 bridgehead atoms. The summed E-state index contributed by atoms with van der Waals surface area (Å²) in [5, 5.41) is 0. The summed E-state index contributed by atoms with van der Waals surface area (Å²) in [7, 11) is 0. The van der Waals surface area contributed by atoms with Crippen LogP contribution in [0.25, 0.3) is 0 Å². The molecule has 0 saturated carbocycles. The van der Waals surface area contributed by atoms with E-state index >= 15 is 0 Å². The van der Waals surface area contributed by atoms with Crippen LogP contribution in [0, 0.1) is 11.8 Å². The summed E-state index contributed by atoms with van der Waals surface area (Å²) < 4.78 is 22.9. The number of hydrogen-bond acceptors (Lipinski definition) is 8. The van der Waals surface area contributed by atoms with E-state index in [0.717, 1.165) is 58.7 Å². The molecule has 0 radical (unpaired) electrons. The Morgan fingerprint density at radius 3 is 1.29 bits per heavy atom. The largest absolute Gasteiger partial charge is 0.494 e. The second-order valence-corrected chi connectivity index (χ2v) is 14.7. The molecule has 0 heterocycles. The third-order valence-electron chi connectivity index (χ3n) is 10.0. The minimum Gasteiger partial charge on any atom is -0.494 e. The van der Waals surface area contributed by atoms with Gasteiger partial charge in [0.2, 0.25) is 0 Å². The lowest BCUT2D eigenvalue weighted by molar-refractivity contribution is 0.0732. The van der Waals surface area contributed by atoms with Gasteiger partial charge in [-0.3, -0.25) is 9.98 Å². The van der Waals surface area contributed by atoms with Crippen molar-refractivity contribution in [3.63, 3.8) is 0 Å². The molecule has 8 heteroatoms. The van der Waals surface area contributed by atoms with Gasteiger partial charge in [-0.1, -0.05) is 83.7 Å². The minimum atomic E-state index is -0.535. The van der Waals surface area contributed by atoms with Crippen LogP contribution in [0.4, 0.5) is 11.4 Å². The highest BCUT2D eigenvalue weighted by atomic mass is 16.5. The molecule has 0 aliphatic rings. The van der Waals surface area contributed by atoms with Crippen molar-refractivity contribution < 1.29 is 28.5 Å². The zero-order chi connectivity index (χ0) is 41.0. The molecule has 5 aromatic carbocycles. The molecule has 302 valence electrons. The van der Waals surface area contributed by atoms with Crippen molar-refractivity contribution in [2.24, 2.45) is 21.8 Å². The van der Waals surface area contributed by atoms with Gasteiger partial charge in [0, 0.05) is 18.5 Å². The first-order valence-corrected chi connectivity index (χ1v) is 20.6. The van der Waals surface area contributed by atoms with Crippen LogP contribution in [-0.4, -0.2) is 37.6 Å². The molecule has 0 aliphatic carbocycles. The second-order valence-electron chi connectivity index (χ2n) is 14.7. The van der Waals surface area contributed by atoms with Gasteiger partial charge < -0.3 is 18.9 Å². The molecule has 0 N–H and O–H groups in total. The van der Waals surface area contributed by atoms with E-state index in [0.29, 0.717) is 24.3 Å². The van der Waals surface area contributed by atoms with Gasteiger partial charge in [-0.2, -0.15) is 0 Å². The van der Waals surface area contributed by atoms with E-state index in [-0.39, 0.29) is 11.5 Å².